The number of hydrogen-bond acceptors (Lipinski definition) is 2. The molecule has 0 unspecified atom stereocenters. The Morgan fingerprint density at radius 3 is 1.43 bits per heavy atom. The minimum atomic E-state index is -2.08. The van der Waals surface area contributed by atoms with E-state index in [0.29, 0.717) is 0 Å². The first kappa shape index (κ1) is 22.4. The number of hydrogen-bond donors (Lipinski definition) is 1. The summed E-state index contributed by atoms with van der Waals surface area (Å²) in [5, 5.41) is 15.3. The quantitative estimate of drug-likeness (QED) is 0.474. The summed E-state index contributed by atoms with van der Waals surface area (Å²) < 4.78 is 0. The van der Waals surface area contributed by atoms with Crippen LogP contribution in [0.3, 0.4) is 0 Å². The maximum Gasteiger partial charge on any atom is 1.00 e. The van der Waals surface area contributed by atoms with E-state index >= 15 is 0 Å². The Morgan fingerprint density at radius 1 is 1.43 bits per heavy atom. The molecule has 1 N–H and O–H groups in total. The van der Waals surface area contributed by atoms with Crippen molar-refractivity contribution in [3.05, 3.63) is 0 Å². The van der Waals surface area contributed by atoms with Crippen molar-refractivity contribution in [2.45, 2.75) is 0 Å². The normalized spacial score (nSPS) is 3.43. The van der Waals surface area contributed by atoms with Gasteiger partial charge in [-0.15, -0.1) is 0 Å². The molecule has 0 aliphatic rings. The summed E-state index contributed by atoms with van der Waals surface area (Å²) in [6.45, 7) is 0. The van der Waals surface area contributed by atoms with Gasteiger partial charge < -0.3 is 19.7 Å². The molecule has 0 aromatic rings. The van der Waals surface area contributed by atoms with Crippen LogP contribution >= 0.6 is 0 Å². The molecule has 0 bridgehead atoms. The summed E-state index contributed by atoms with van der Waals surface area (Å²) >= 11 is 0. The van der Waals surface area contributed by atoms with Crippen LogP contribution in [0.4, 0.5) is 4.79 Å². The van der Waals surface area contributed by atoms with Crippen molar-refractivity contribution in [2.24, 2.45) is 0 Å². The molecule has 0 atom stereocenters. The Kier molecular flexibility index (Phi) is 51.8. The average Bonchev–Trinajstić information content (AvgIpc) is 0.811. The minimum absolute atomic E-state index is 0. The van der Waals surface area contributed by atoms with Crippen molar-refractivity contribution < 1.29 is 157 Å². The molecule has 0 aromatic carbocycles. The summed E-state index contributed by atoms with van der Waals surface area (Å²) in [7, 11) is 0. The van der Waals surface area contributed by atoms with E-state index in [1.165, 1.54) is 0 Å². The number of halogens is 1. The van der Waals surface area contributed by atoms with Crippen LogP contribution in [0.5, 0.6) is 0 Å². The van der Waals surface area contributed by atoms with Crippen LogP contribution in [0.25, 0.3) is 0 Å². The van der Waals surface area contributed by atoms with Crippen molar-refractivity contribution in [3.8, 4) is 0 Å². The van der Waals surface area contributed by atoms with Gasteiger partial charge in [0, 0.05) is 0 Å². The predicted octanol–water partition coefficient (Wildman–Crippen LogP) is -10.1. The molecule has 0 spiro atoms. The molecule has 0 aliphatic carbocycles. The van der Waals surface area contributed by atoms with Gasteiger partial charge in [0.15, 0.2) is 0 Å². The van der Waals surface area contributed by atoms with E-state index in [1.807, 2.05) is 0 Å². The molecule has 0 radical (unpaired) electrons. The van der Waals surface area contributed by atoms with E-state index in [1.54, 1.807) is 0 Å². The number of carbonyl (C=O) groups is 1. The van der Waals surface area contributed by atoms with Crippen LogP contribution in [0.2, 0.25) is 0 Å². The van der Waals surface area contributed by atoms with Crippen molar-refractivity contribution >= 4 is 6.16 Å². The summed E-state index contributed by atoms with van der Waals surface area (Å²) in [6, 6.07) is 0. The van der Waals surface area contributed by atoms with Crippen molar-refractivity contribution in [2.75, 3.05) is 0 Å². The molecule has 7 heavy (non-hydrogen) atoms. The summed E-state index contributed by atoms with van der Waals surface area (Å²) in [5.74, 6) is 0. The molecular weight excluding hydrogens is 345 g/mol. The maximum atomic E-state index is 8.44. The van der Waals surface area contributed by atoms with Gasteiger partial charge in [-0.25, -0.2) is 0 Å². The maximum absolute atomic E-state index is 8.44. The Labute approximate surface area is 158 Å². The zero-order valence-electron chi connectivity index (χ0n) is 4.14. The Bertz CT molecular complexity index is 35.9. The van der Waals surface area contributed by atoms with Gasteiger partial charge >= 0.3 is 138 Å². The smallest absolute Gasteiger partial charge is 1.00 e. The van der Waals surface area contributed by atoms with E-state index in [0.717, 1.165) is 0 Å². The molecule has 0 aliphatic heterocycles. The molecule has 3 nitrogen and oxygen atoms in total. The third-order valence-corrected chi connectivity index (χ3v) is 0. The largest absolute Gasteiger partial charge is 1.00 e. The average molecular weight is 346 g/mol. The second kappa shape index (κ2) is 16.1. The standard InChI is InChI=1S/CH2O3.2Cs.FH/c2-1(3)4;;;/h(H2,2,3,4);;;1H/q;2*+1;/p-2. The summed E-state index contributed by atoms with van der Waals surface area (Å²) in [4.78, 5) is 8.44. The first-order valence-corrected chi connectivity index (χ1v) is 0.632. The van der Waals surface area contributed by atoms with Gasteiger partial charge in [-0.3, -0.25) is 0 Å². The van der Waals surface area contributed by atoms with Gasteiger partial charge in [0.1, 0.15) is 0 Å². The second-order valence-corrected chi connectivity index (χ2v) is 0.266. The van der Waals surface area contributed by atoms with Crippen molar-refractivity contribution in [3.63, 3.8) is 0 Å². The van der Waals surface area contributed by atoms with Crippen molar-refractivity contribution in [1.82, 2.24) is 0 Å². The Hall–Kier alpha value is 3.30. The summed E-state index contributed by atoms with van der Waals surface area (Å²) in [5.41, 5.74) is 0. The molecule has 6 heteroatoms. The van der Waals surface area contributed by atoms with Gasteiger partial charge in [0.2, 0.25) is 6.16 Å². The van der Waals surface area contributed by atoms with Crippen LogP contribution in [-0.4, -0.2) is 11.3 Å². The number of rotatable bonds is 0. The summed E-state index contributed by atoms with van der Waals surface area (Å²) in [6.07, 6.45) is -2.08. The zero-order valence-corrected chi connectivity index (χ0v) is 16.7. The van der Waals surface area contributed by atoms with Gasteiger partial charge in [-0.2, -0.15) is 0 Å². The first-order valence-electron chi connectivity index (χ1n) is 0.632. The van der Waals surface area contributed by atoms with Gasteiger partial charge in [-0.1, -0.05) is 0 Å². The van der Waals surface area contributed by atoms with E-state index in [9.17, 15) is 0 Å². The zero-order chi connectivity index (χ0) is 3.58. The fraction of sp³-hybridized carbons (Fsp3) is 0. The Morgan fingerprint density at radius 2 is 1.43 bits per heavy atom. The second-order valence-electron chi connectivity index (χ2n) is 0.266. The first-order chi connectivity index (χ1) is 1.73. The molecule has 0 saturated heterocycles. The topological polar surface area (TPSA) is 60.4 Å². The van der Waals surface area contributed by atoms with E-state index in [4.69, 9.17) is 15.0 Å². The van der Waals surface area contributed by atoms with Crippen LogP contribution in [0.15, 0.2) is 0 Å². The molecule has 0 amide bonds. The molecule has 0 fully saturated rings. The fourth-order valence-electron chi connectivity index (χ4n) is 0. The molecule has 0 aromatic heterocycles. The van der Waals surface area contributed by atoms with Gasteiger partial charge in [0.05, 0.1) is 0 Å². The van der Waals surface area contributed by atoms with E-state index in [-0.39, 0.29) is 142 Å². The van der Waals surface area contributed by atoms with E-state index < -0.39 is 6.16 Å². The third kappa shape index (κ3) is 45.5. The van der Waals surface area contributed by atoms with Crippen LogP contribution in [0, 0.1) is 0 Å². The molecule has 0 heterocycles. The third-order valence-electron chi connectivity index (χ3n) is 0. The van der Waals surface area contributed by atoms with Crippen LogP contribution in [-0.2, 0) is 0 Å². The SMILES string of the molecule is O=C([O-])O.[Cs+].[Cs+].[F-]. The molecule has 32 valence electrons. The number of carboxylic acid groups (broad SMARTS) is 2. The Balaban J connectivity index is -0.0000000150. The van der Waals surface area contributed by atoms with Crippen LogP contribution in [0.1, 0.15) is 0 Å². The van der Waals surface area contributed by atoms with E-state index in [2.05, 4.69) is 0 Å². The van der Waals surface area contributed by atoms with Gasteiger partial charge in [0.25, 0.3) is 0 Å². The predicted molar refractivity (Wildman–Crippen MR) is 8.02 cm³/mol. The van der Waals surface area contributed by atoms with Crippen molar-refractivity contribution in [1.29, 1.82) is 0 Å². The fourth-order valence-corrected chi connectivity index (χ4v) is 0. The van der Waals surface area contributed by atoms with Gasteiger partial charge in [-0.05, 0) is 0 Å². The molecule has 0 saturated carbocycles. The molecule has 0 rings (SSSR count). The monoisotopic (exact) mass is 346 g/mol. The minimum Gasteiger partial charge on any atom is -1.00 e. The van der Waals surface area contributed by atoms with Crippen LogP contribution < -0.4 is 148 Å². The molecular formula is CHCs2FO3.